The number of benzene rings is 1. The summed E-state index contributed by atoms with van der Waals surface area (Å²) in [6.45, 7) is 3.98. The molecule has 0 saturated heterocycles. The van der Waals surface area contributed by atoms with Crippen molar-refractivity contribution < 1.29 is 0 Å². The van der Waals surface area contributed by atoms with Crippen LogP contribution in [0.4, 0.5) is 0 Å². The van der Waals surface area contributed by atoms with Gasteiger partial charge in [-0.1, -0.05) is 41.6 Å². The Balaban J connectivity index is 1.66. The fourth-order valence-electron chi connectivity index (χ4n) is 2.87. The summed E-state index contributed by atoms with van der Waals surface area (Å²) in [4.78, 5) is 16.9. The van der Waals surface area contributed by atoms with Gasteiger partial charge in [0.2, 0.25) is 0 Å². The molecular formula is C19H16ClN5OS. The van der Waals surface area contributed by atoms with Crippen molar-refractivity contribution in [3.63, 3.8) is 0 Å². The van der Waals surface area contributed by atoms with Crippen molar-refractivity contribution in [3.05, 3.63) is 81.1 Å². The van der Waals surface area contributed by atoms with E-state index in [0.29, 0.717) is 22.1 Å². The van der Waals surface area contributed by atoms with Crippen molar-refractivity contribution in [2.24, 2.45) is 0 Å². The second-order valence-corrected chi connectivity index (χ2v) is 7.48. The summed E-state index contributed by atoms with van der Waals surface area (Å²) in [5, 5.41) is 9.77. The molecule has 0 aliphatic carbocycles. The van der Waals surface area contributed by atoms with Gasteiger partial charge in [0.15, 0.2) is 5.16 Å². The number of fused-ring (bicyclic) bond motifs is 1. The van der Waals surface area contributed by atoms with Gasteiger partial charge in [0.1, 0.15) is 11.5 Å². The van der Waals surface area contributed by atoms with Crippen molar-refractivity contribution in [2.75, 3.05) is 0 Å². The number of hydrogen-bond acceptors (Lipinski definition) is 5. The normalized spacial score (nSPS) is 11.2. The Kier molecular flexibility index (Phi) is 4.72. The SMILES string of the molecule is Cc1ccccc1-n1c(C)nnc1SCc1cc(=O)n2cc(Cl)ccc2n1. The van der Waals surface area contributed by atoms with Gasteiger partial charge in [-0.15, -0.1) is 10.2 Å². The first-order valence-corrected chi connectivity index (χ1v) is 9.68. The second-order valence-electron chi connectivity index (χ2n) is 6.10. The standard InChI is InChI=1S/C19H16ClN5OS/c1-12-5-3-4-6-16(12)25-13(2)22-23-19(25)27-11-15-9-18(26)24-10-14(20)7-8-17(24)21-15/h3-10H,11H2,1-2H3. The maximum atomic E-state index is 12.3. The van der Waals surface area contributed by atoms with Gasteiger partial charge in [0, 0.05) is 18.0 Å². The predicted molar refractivity (Wildman–Crippen MR) is 107 cm³/mol. The molecule has 0 radical (unpaired) electrons. The molecule has 0 atom stereocenters. The highest BCUT2D eigenvalue weighted by Crippen LogP contribution is 2.26. The number of aromatic nitrogens is 5. The van der Waals surface area contributed by atoms with E-state index in [0.717, 1.165) is 22.2 Å². The Labute approximate surface area is 164 Å². The Morgan fingerprint density at radius 2 is 1.93 bits per heavy atom. The van der Waals surface area contributed by atoms with Gasteiger partial charge in [0.05, 0.1) is 16.4 Å². The van der Waals surface area contributed by atoms with Crippen LogP contribution in [0.1, 0.15) is 17.1 Å². The monoisotopic (exact) mass is 397 g/mol. The van der Waals surface area contributed by atoms with Gasteiger partial charge in [-0.3, -0.25) is 13.8 Å². The van der Waals surface area contributed by atoms with Gasteiger partial charge in [0.25, 0.3) is 5.56 Å². The molecule has 27 heavy (non-hydrogen) atoms. The minimum atomic E-state index is -0.158. The lowest BCUT2D eigenvalue weighted by atomic mass is 10.2. The first-order chi connectivity index (χ1) is 13.0. The fourth-order valence-corrected chi connectivity index (χ4v) is 3.91. The highest BCUT2D eigenvalue weighted by atomic mass is 35.5. The molecular weight excluding hydrogens is 382 g/mol. The van der Waals surface area contributed by atoms with Crippen LogP contribution in [0.5, 0.6) is 0 Å². The summed E-state index contributed by atoms with van der Waals surface area (Å²) >= 11 is 7.45. The van der Waals surface area contributed by atoms with E-state index in [4.69, 9.17) is 11.6 Å². The molecule has 4 rings (SSSR count). The van der Waals surface area contributed by atoms with Crippen molar-refractivity contribution in [2.45, 2.75) is 24.8 Å². The van der Waals surface area contributed by atoms with Crippen LogP contribution in [0.25, 0.3) is 11.3 Å². The van der Waals surface area contributed by atoms with Crippen molar-refractivity contribution in [1.82, 2.24) is 24.1 Å². The minimum Gasteiger partial charge on any atom is -0.274 e. The third-order valence-electron chi connectivity index (χ3n) is 4.18. The van der Waals surface area contributed by atoms with Gasteiger partial charge < -0.3 is 0 Å². The molecule has 0 N–H and O–H groups in total. The van der Waals surface area contributed by atoms with Crippen LogP contribution in [0, 0.1) is 13.8 Å². The van der Waals surface area contributed by atoms with E-state index in [-0.39, 0.29) is 5.56 Å². The number of thioether (sulfide) groups is 1. The largest absolute Gasteiger partial charge is 0.274 e. The summed E-state index contributed by atoms with van der Waals surface area (Å²) in [5.41, 5.74) is 3.28. The van der Waals surface area contributed by atoms with E-state index in [9.17, 15) is 4.79 Å². The quantitative estimate of drug-likeness (QED) is 0.489. The predicted octanol–water partition coefficient (Wildman–Crippen LogP) is 3.84. The van der Waals surface area contributed by atoms with E-state index < -0.39 is 0 Å². The van der Waals surface area contributed by atoms with Crippen molar-refractivity contribution in [1.29, 1.82) is 0 Å². The fraction of sp³-hybridized carbons (Fsp3) is 0.158. The summed E-state index contributed by atoms with van der Waals surface area (Å²) < 4.78 is 3.46. The molecule has 3 heterocycles. The molecule has 0 fully saturated rings. The van der Waals surface area contributed by atoms with Crippen LogP contribution < -0.4 is 5.56 Å². The molecule has 0 aliphatic rings. The Bertz CT molecular complexity index is 1200. The Morgan fingerprint density at radius 1 is 1.11 bits per heavy atom. The lowest BCUT2D eigenvalue weighted by Gasteiger charge is -2.11. The molecule has 0 amide bonds. The molecule has 6 nitrogen and oxygen atoms in total. The third-order valence-corrected chi connectivity index (χ3v) is 5.36. The van der Waals surface area contributed by atoms with Crippen molar-refractivity contribution in [3.8, 4) is 5.69 Å². The van der Waals surface area contributed by atoms with Crippen molar-refractivity contribution >= 4 is 29.0 Å². The molecule has 8 heteroatoms. The van der Waals surface area contributed by atoms with E-state index in [1.165, 1.54) is 22.2 Å². The zero-order chi connectivity index (χ0) is 19.0. The topological polar surface area (TPSA) is 65.1 Å². The van der Waals surface area contributed by atoms with Crippen LogP contribution in [0.2, 0.25) is 5.02 Å². The summed E-state index contributed by atoms with van der Waals surface area (Å²) in [6.07, 6.45) is 1.57. The average Bonchev–Trinajstić information content (AvgIpc) is 3.01. The molecule has 3 aromatic heterocycles. The molecule has 0 unspecified atom stereocenters. The van der Waals surface area contributed by atoms with Crippen LogP contribution in [-0.4, -0.2) is 24.1 Å². The van der Waals surface area contributed by atoms with Gasteiger partial charge >= 0.3 is 0 Å². The highest BCUT2D eigenvalue weighted by molar-refractivity contribution is 7.98. The lowest BCUT2D eigenvalue weighted by molar-refractivity contribution is 0.861. The molecule has 136 valence electrons. The molecule has 0 aliphatic heterocycles. The second kappa shape index (κ2) is 7.17. The number of aryl methyl sites for hydroxylation is 2. The summed E-state index contributed by atoms with van der Waals surface area (Å²) in [7, 11) is 0. The van der Waals surface area contributed by atoms with E-state index in [1.54, 1.807) is 18.3 Å². The van der Waals surface area contributed by atoms with Crippen LogP contribution in [-0.2, 0) is 5.75 Å². The lowest BCUT2D eigenvalue weighted by Crippen LogP contribution is -2.15. The number of nitrogens with zero attached hydrogens (tertiary/aromatic N) is 5. The molecule has 1 aromatic carbocycles. The zero-order valence-electron chi connectivity index (χ0n) is 14.8. The molecule has 0 spiro atoms. The number of halogens is 1. The van der Waals surface area contributed by atoms with Crippen LogP contribution in [0.15, 0.2) is 58.6 Å². The maximum Gasteiger partial charge on any atom is 0.258 e. The van der Waals surface area contributed by atoms with Crippen LogP contribution >= 0.6 is 23.4 Å². The van der Waals surface area contributed by atoms with Gasteiger partial charge in [-0.2, -0.15) is 0 Å². The highest BCUT2D eigenvalue weighted by Gasteiger charge is 2.14. The number of hydrogen-bond donors (Lipinski definition) is 0. The smallest absolute Gasteiger partial charge is 0.258 e. The number of para-hydroxylation sites is 1. The van der Waals surface area contributed by atoms with E-state index in [1.807, 2.05) is 29.7 Å². The summed E-state index contributed by atoms with van der Waals surface area (Å²) in [6, 6.07) is 13.1. The van der Waals surface area contributed by atoms with Crippen LogP contribution in [0.3, 0.4) is 0 Å². The summed E-state index contributed by atoms with van der Waals surface area (Å²) in [5.74, 6) is 1.33. The average molecular weight is 398 g/mol. The van der Waals surface area contributed by atoms with Gasteiger partial charge in [-0.05, 0) is 37.6 Å². The first kappa shape index (κ1) is 17.8. The Hall–Kier alpha value is -2.64. The minimum absolute atomic E-state index is 0.158. The van der Waals surface area contributed by atoms with E-state index in [2.05, 4.69) is 28.2 Å². The maximum absolute atomic E-state index is 12.3. The zero-order valence-corrected chi connectivity index (χ0v) is 16.3. The molecule has 4 aromatic rings. The Morgan fingerprint density at radius 3 is 2.74 bits per heavy atom. The molecule has 0 bridgehead atoms. The first-order valence-electron chi connectivity index (χ1n) is 8.31. The number of pyridine rings is 1. The van der Waals surface area contributed by atoms with Gasteiger partial charge in [-0.25, -0.2) is 4.98 Å². The molecule has 0 saturated carbocycles. The third kappa shape index (κ3) is 3.48. The number of rotatable bonds is 4. The van der Waals surface area contributed by atoms with E-state index >= 15 is 0 Å².